The Morgan fingerprint density at radius 2 is 1.93 bits per heavy atom. The normalized spacial score (nSPS) is 10.5. The van der Waals surface area contributed by atoms with Crippen molar-refractivity contribution in [2.45, 2.75) is 0 Å². The van der Waals surface area contributed by atoms with Gasteiger partial charge in [0.2, 0.25) is 0 Å². The third-order valence-corrected chi connectivity index (χ3v) is 4.97. The highest BCUT2D eigenvalue weighted by Crippen LogP contribution is 2.34. The first-order valence-corrected chi connectivity index (χ1v) is 9.42. The van der Waals surface area contributed by atoms with Crippen molar-refractivity contribution < 1.29 is 13.6 Å². The molecule has 2 N–H and O–H groups in total. The van der Waals surface area contributed by atoms with Crippen LogP contribution in [0.25, 0.3) is 11.3 Å². The van der Waals surface area contributed by atoms with Crippen LogP contribution in [0.1, 0.15) is 10.6 Å². The zero-order chi connectivity index (χ0) is 19.6. The van der Waals surface area contributed by atoms with Crippen LogP contribution in [0.5, 0.6) is 0 Å². The molecule has 4 nitrogen and oxygen atoms in total. The number of hydrogen-bond donors (Lipinski definition) is 2. The van der Waals surface area contributed by atoms with Crippen molar-refractivity contribution in [1.82, 2.24) is 5.32 Å². The van der Waals surface area contributed by atoms with Gasteiger partial charge in [0.25, 0.3) is 5.91 Å². The van der Waals surface area contributed by atoms with E-state index in [1.165, 1.54) is 18.2 Å². The second-order valence-electron chi connectivity index (χ2n) is 5.30. The average Bonchev–Trinajstić information content (AvgIpc) is 3.10. The second kappa shape index (κ2) is 8.39. The monoisotopic (exact) mass is 486 g/mol. The first-order chi connectivity index (χ1) is 12.8. The summed E-state index contributed by atoms with van der Waals surface area (Å²) < 4.78 is 19.9. The minimum Gasteiger partial charge on any atom is -0.451 e. The van der Waals surface area contributed by atoms with Crippen LogP contribution < -0.4 is 10.6 Å². The third-order valence-electron chi connectivity index (χ3n) is 3.45. The molecule has 0 fully saturated rings. The van der Waals surface area contributed by atoms with Crippen LogP contribution in [0.3, 0.4) is 0 Å². The third kappa shape index (κ3) is 4.68. The average molecular weight is 488 g/mol. The fraction of sp³-hybridized carbons (Fsp3) is 0. The molecular formula is C18H10BrCl2FN2O2S. The first-order valence-electron chi connectivity index (χ1n) is 7.47. The van der Waals surface area contributed by atoms with Crippen molar-refractivity contribution in [3.05, 3.63) is 74.6 Å². The predicted octanol–water partition coefficient (Wildman–Crippen LogP) is 6.28. The zero-order valence-corrected chi connectivity index (χ0v) is 17.3. The summed E-state index contributed by atoms with van der Waals surface area (Å²) in [5, 5.41) is 5.67. The van der Waals surface area contributed by atoms with Gasteiger partial charge in [-0.1, -0.05) is 45.2 Å². The minimum absolute atomic E-state index is 0.0153. The fourth-order valence-corrected chi connectivity index (χ4v) is 3.14. The molecule has 27 heavy (non-hydrogen) atoms. The Hall–Kier alpha value is -1.93. The van der Waals surface area contributed by atoms with E-state index in [0.717, 1.165) is 0 Å². The van der Waals surface area contributed by atoms with Crippen molar-refractivity contribution in [1.29, 1.82) is 0 Å². The van der Waals surface area contributed by atoms with Crippen molar-refractivity contribution in [2.24, 2.45) is 0 Å². The molecule has 0 aliphatic rings. The number of amides is 1. The Morgan fingerprint density at radius 1 is 1.15 bits per heavy atom. The van der Waals surface area contributed by atoms with Crippen LogP contribution in [0.4, 0.5) is 10.1 Å². The minimum atomic E-state index is -0.588. The molecular weight excluding hydrogens is 478 g/mol. The van der Waals surface area contributed by atoms with E-state index in [1.54, 1.807) is 30.3 Å². The Morgan fingerprint density at radius 3 is 2.67 bits per heavy atom. The molecule has 1 heterocycles. The number of thiocarbonyl (C=S) groups is 1. The molecule has 0 bridgehead atoms. The molecule has 0 spiro atoms. The van der Waals surface area contributed by atoms with Crippen LogP contribution in [0.2, 0.25) is 10.0 Å². The molecule has 0 aliphatic carbocycles. The summed E-state index contributed by atoms with van der Waals surface area (Å²) in [6.45, 7) is 0. The van der Waals surface area contributed by atoms with Crippen LogP contribution >= 0.6 is 51.3 Å². The first kappa shape index (κ1) is 19.8. The maximum atomic E-state index is 13.8. The standard InChI is InChI=1S/C18H10BrCl2FN2O2S/c19-9-4-5-13(12(22)8-9)23-18(27)24-17(25)15-7-6-14(26-15)10-2-1-3-11(20)16(10)21/h1-8H,(H2,23,24,25,27). The largest absolute Gasteiger partial charge is 0.451 e. The fourth-order valence-electron chi connectivity index (χ4n) is 2.21. The highest BCUT2D eigenvalue weighted by atomic mass is 79.9. The van der Waals surface area contributed by atoms with E-state index in [2.05, 4.69) is 26.6 Å². The van der Waals surface area contributed by atoms with E-state index in [1.807, 2.05) is 0 Å². The summed E-state index contributed by atoms with van der Waals surface area (Å²) in [7, 11) is 0. The van der Waals surface area contributed by atoms with Crippen LogP contribution in [-0.2, 0) is 0 Å². The number of nitrogens with one attached hydrogen (secondary N) is 2. The zero-order valence-electron chi connectivity index (χ0n) is 13.4. The molecule has 1 amide bonds. The number of furan rings is 1. The molecule has 0 saturated carbocycles. The summed E-state index contributed by atoms with van der Waals surface area (Å²) in [6.07, 6.45) is 0. The van der Waals surface area contributed by atoms with Gasteiger partial charge in [-0.05, 0) is 54.7 Å². The molecule has 2 aromatic carbocycles. The van der Waals surface area contributed by atoms with Gasteiger partial charge in [0.05, 0.1) is 15.7 Å². The highest BCUT2D eigenvalue weighted by molar-refractivity contribution is 9.10. The van der Waals surface area contributed by atoms with E-state index >= 15 is 0 Å². The maximum Gasteiger partial charge on any atom is 0.293 e. The predicted molar refractivity (Wildman–Crippen MR) is 112 cm³/mol. The molecule has 0 unspecified atom stereocenters. The molecule has 3 rings (SSSR count). The van der Waals surface area contributed by atoms with Gasteiger partial charge >= 0.3 is 0 Å². The Bertz CT molecular complexity index is 1040. The molecule has 0 saturated heterocycles. The summed E-state index contributed by atoms with van der Waals surface area (Å²) >= 11 is 20.3. The molecule has 3 aromatic rings. The van der Waals surface area contributed by atoms with Crippen LogP contribution in [0.15, 0.2) is 57.4 Å². The van der Waals surface area contributed by atoms with Gasteiger partial charge in [-0.15, -0.1) is 0 Å². The number of hydrogen-bond acceptors (Lipinski definition) is 3. The van der Waals surface area contributed by atoms with E-state index in [0.29, 0.717) is 25.8 Å². The van der Waals surface area contributed by atoms with E-state index in [4.69, 9.17) is 39.8 Å². The van der Waals surface area contributed by atoms with Gasteiger partial charge < -0.3 is 9.73 Å². The summed E-state index contributed by atoms with van der Waals surface area (Å²) in [4.78, 5) is 12.3. The Balaban J connectivity index is 1.70. The number of carbonyl (C=O) groups excluding carboxylic acids is 1. The molecule has 0 aliphatic heterocycles. The second-order valence-corrected chi connectivity index (χ2v) is 7.41. The lowest BCUT2D eigenvalue weighted by molar-refractivity contribution is 0.0951. The number of anilines is 1. The quantitative estimate of drug-likeness (QED) is 0.427. The number of halogens is 4. The lowest BCUT2D eigenvalue weighted by atomic mass is 10.2. The van der Waals surface area contributed by atoms with Crippen molar-refractivity contribution in [3.8, 4) is 11.3 Å². The van der Waals surface area contributed by atoms with Gasteiger partial charge in [0, 0.05) is 10.0 Å². The molecule has 9 heteroatoms. The van der Waals surface area contributed by atoms with Gasteiger partial charge in [-0.3, -0.25) is 10.1 Å². The van der Waals surface area contributed by atoms with Crippen molar-refractivity contribution >= 4 is 68.1 Å². The summed E-state index contributed by atoms with van der Waals surface area (Å²) in [5.41, 5.74) is 0.690. The number of carbonyl (C=O) groups is 1. The molecule has 0 radical (unpaired) electrons. The highest BCUT2D eigenvalue weighted by Gasteiger charge is 2.16. The molecule has 1 aromatic heterocycles. The summed E-state index contributed by atoms with van der Waals surface area (Å²) in [6, 6.07) is 12.6. The van der Waals surface area contributed by atoms with E-state index < -0.39 is 11.7 Å². The van der Waals surface area contributed by atoms with Gasteiger partial charge in [-0.2, -0.15) is 0 Å². The van der Waals surface area contributed by atoms with Crippen molar-refractivity contribution in [2.75, 3.05) is 5.32 Å². The van der Waals surface area contributed by atoms with E-state index in [-0.39, 0.29) is 16.6 Å². The molecule has 138 valence electrons. The molecule has 0 atom stereocenters. The Labute approximate surface area is 177 Å². The van der Waals surface area contributed by atoms with Crippen LogP contribution in [0, 0.1) is 5.82 Å². The van der Waals surface area contributed by atoms with E-state index in [9.17, 15) is 9.18 Å². The van der Waals surface area contributed by atoms with Crippen molar-refractivity contribution in [3.63, 3.8) is 0 Å². The van der Waals surface area contributed by atoms with Gasteiger partial charge in [0.15, 0.2) is 10.9 Å². The smallest absolute Gasteiger partial charge is 0.293 e. The van der Waals surface area contributed by atoms with Gasteiger partial charge in [-0.25, -0.2) is 4.39 Å². The lowest BCUT2D eigenvalue weighted by Crippen LogP contribution is -2.34. The van der Waals surface area contributed by atoms with Crippen LogP contribution in [-0.4, -0.2) is 11.0 Å². The number of benzene rings is 2. The van der Waals surface area contributed by atoms with Gasteiger partial charge in [0.1, 0.15) is 11.6 Å². The number of rotatable bonds is 3. The SMILES string of the molecule is O=C(NC(=S)Nc1ccc(Br)cc1F)c1ccc(-c2cccc(Cl)c2Cl)o1. The Kier molecular flexibility index (Phi) is 6.16. The lowest BCUT2D eigenvalue weighted by Gasteiger charge is -2.09. The summed E-state index contributed by atoms with van der Waals surface area (Å²) in [5.74, 6) is -0.710. The maximum absolute atomic E-state index is 13.8. The topological polar surface area (TPSA) is 54.3 Å².